The second-order valence-electron chi connectivity index (χ2n) is 4.04. The highest BCUT2D eigenvalue weighted by molar-refractivity contribution is 7.90. The minimum Gasteiger partial charge on any atom is -0.609 e. The van der Waals surface area contributed by atoms with Crippen molar-refractivity contribution in [2.45, 2.75) is 24.9 Å². The molecular formula is C11H14N4OS. The molecule has 90 valence electrons. The Kier molecular flexibility index (Phi) is 3.44. The fourth-order valence-electron chi connectivity index (χ4n) is 1.68. The Bertz CT molecular complexity index is 510. The first-order valence-electron chi connectivity index (χ1n) is 5.32. The van der Waals surface area contributed by atoms with Crippen molar-refractivity contribution in [3.05, 3.63) is 29.8 Å². The van der Waals surface area contributed by atoms with Gasteiger partial charge in [-0.25, -0.2) is 0 Å². The van der Waals surface area contributed by atoms with Gasteiger partial charge in [0, 0.05) is 11.2 Å². The van der Waals surface area contributed by atoms with Gasteiger partial charge >= 0.3 is 5.16 Å². The zero-order chi connectivity index (χ0) is 12.4. The molecule has 5 nitrogen and oxygen atoms in total. The summed E-state index contributed by atoms with van der Waals surface area (Å²) in [6.45, 7) is 4.21. The number of hydrogen-bond donors (Lipinski definition) is 0. The lowest BCUT2D eigenvalue weighted by Gasteiger charge is -2.12. The van der Waals surface area contributed by atoms with Crippen LogP contribution in [0.15, 0.2) is 29.4 Å². The van der Waals surface area contributed by atoms with Gasteiger partial charge in [0.2, 0.25) is 0 Å². The largest absolute Gasteiger partial charge is 0.609 e. The Morgan fingerprint density at radius 1 is 1.29 bits per heavy atom. The molecule has 17 heavy (non-hydrogen) atoms. The molecule has 0 fully saturated rings. The van der Waals surface area contributed by atoms with E-state index in [4.69, 9.17) is 0 Å². The molecule has 0 aliphatic rings. The number of rotatable bonds is 3. The summed E-state index contributed by atoms with van der Waals surface area (Å²) in [5, 5.41) is 11.7. The third-order valence-corrected chi connectivity index (χ3v) is 3.25. The Morgan fingerprint density at radius 3 is 2.65 bits per heavy atom. The maximum atomic E-state index is 11.5. The molecule has 0 saturated heterocycles. The summed E-state index contributed by atoms with van der Waals surface area (Å²) in [5.74, 6) is 0.355. The molecule has 1 atom stereocenters. The number of para-hydroxylation sites is 1. The first-order valence-corrected chi connectivity index (χ1v) is 6.88. The van der Waals surface area contributed by atoms with E-state index in [2.05, 4.69) is 29.4 Å². The van der Waals surface area contributed by atoms with Gasteiger partial charge in [0.05, 0.1) is 5.69 Å². The van der Waals surface area contributed by atoms with Crippen molar-refractivity contribution < 1.29 is 4.55 Å². The van der Waals surface area contributed by atoms with E-state index >= 15 is 0 Å². The van der Waals surface area contributed by atoms with Gasteiger partial charge in [-0.2, -0.15) is 4.68 Å². The van der Waals surface area contributed by atoms with Gasteiger partial charge in [0.25, 0.3) is 0 Å². The summed E-state index contributed by atoms with van der Waals surface area (Å²) in [7, 11) is 0. The van der Waals surface area contributed by atoms with Crippen LogP contribution < -0.4 is 0 Å². The van der Waals surface area contributed by atoms with Gasteiger partial charge in [-0.05, 0) is 28.0 Å². The van der Waals surface area contributed by atoms with E-state index in [9.17, 15) is 4.55 Å². The van der Waals surface area contributed by atoms with Crippen molar-refractivity contribution >= 4 is 11.2 Å². The van der Waals surface area contributed by atoms with E-state index in [0.717, 1.165) is 11.3 Å². The van der Waals surface area contributed by atoms with Crippen molar-refractivity contribution in [2.75, 3.05) is 6.26 Å². The Balaban J connectivity index is 2.56. The summed E-state index contributed by atoms with van der Waals surface area (Å²) < 4.78 is 13.1. The Hall–Kier alpha value is -1.40. The molecule has 0 radical (unpaired) electrons. The van der Waals surface area contributed by atoms with Gasteiger partial charge < -0.3 is 4.55 Å². The molecule has 0 amide bonds. The van der Waals surface area contributed by atoms with Gasteiger partial charge in [-0.15, -0.1) is 0 Å². The molecule has 0 N–H and O–H groups in total. The number of aromatic nitrogens is 4. The standard InChI is InChI=1S/C11H14N4OS/c1-8(2)9-6-4-5-7-10(9)15-11(17(3)16)12-13-14-15/h4-8H,1-3H3. The molecule has 1 aromatic heterocycles. The van der Waals surface area contributed by atoms with Crippen LogP contribution in [0, 0.1) is 0 Å². The van der Waals surface area contributed by atoms with Crippen molar-refractivity contribution in [1.82, 2.24) is 20.2 Å². The highest BCUT2D eigenvalue weighted by Gasteiger charge is 2.19. The summed E-state index contributed by atoms with van der Waals surface area (Å²) >= 11 is -1.20. The Labute approximate surface area is 103 Å². The van der Waals surface area contributed by atoms with E-state index in [1.54, 1.807) is 10.9 Å². The summed E-state index contributed by atoms with van der Waals surface area (Å²) in [5.41, 5.74) is 2.02. The van der Waals surface area contributed by atoms with E-state index < -0.39 is 11.2 Å². The third kappa shape index (κ3) is 2.32. The highest BCUT2D eigenvalue weighted by Crippen LogP contribution is 2.23. The highest BCUT2D eigenvalue weighted by atomic mass is 32.2. The molecule has 0 aliphatic heterocycles. The fraction of sp³-hybridized carbons (Fsp3) is 0.364. The van der Waals surface area contributed by atoms with Crippen LogP contribution in [0.2, 0.25) is 0 Å². The molecule has 6 heteroatoms. The molecule has 1 aromatic carbocycles. The quantitative estimate of drug-likeness (QED) is 0.775. The zero-order valence-electron chi connectivity index (χ0n) is 9.99. The van der Waals surface area contributed by atoms with Gasteiger partial charge in [0.15, 0.2) is 0 Å². The molecular weight excluding hydrogens is 236 g/mol. The number of tetrazole rings is 1. The van der Waals surface area contributed by atoms with Crippen molar-refractivity contribution in [3.63, 3.8) is 0 Å². The SMILES string of the molecule is CC(C)c1ccccc1-n1nnnc1[S+](C)[O-]. The molecule has 0 aliphatic carbocycles. The van der Waals surface area contributed by atoms with E-state index in [0.29, 0.717) is 11.1 Å². The molecule has 2 rings (SSSR count). The van der Waals surface area contributed by atoms with Crippen LogP contribution in [0.25, 0.3) is 5.69 Å². The van der Waals surface area contributed by atoms with Crippen LogP contribution >= 0.6 is 0 Å². The Morgan fingerprint density at radius 2 is 2.00 bits per heavy atom. The third-order valence-electron chi connectivity index (χ3n) is 2.48. The molecule has 2 aromatic rings. The van der Waals surface area contributed by atoms with E-state index in [-0.39, 0.29) is 0 Å². The number of hydrogen-bond acceptors (Lipinski definition) is 4. The van der Waals surface area contributed by atoms with Crippen LogP contribution in [0.1, 0.15) is 25.3 Å². The predicted octanol–water partition coefficient (Wildman–Crippen LogP) is 1.52. The lowest BCUT2D eigenvalue weighted by atomic mass is 10.0. The van der Waals surface area contributed by atoms with Crippen LogP contribution in [0.5, 0.6) is 0 Å². The molecule has 1 heterocycles. The van der Waals surface area contributed by atoms with Crippen molar-refractivity contribution in [3.8, 4) is 5.69 Å². The van der Waals surface area contributed by atoms with Gasteiger partial charge in [-0.3, -0.25) is 0 Å². The molecule has 0 spiro atoms. The normalized spacial score (nSPS) is 13.0. The minimum absolute atomic E-state index is 0.355. The number of nitrogens with zero attached hydrogens (tertiary/aromatic N) is 4. The van der Waals surface area contributed by atoms with E-state index in [1.165, 1.54) is 0 Å². The van der Waals surface area contributed by atoms with Crippen LogP contribution in [0.3, 0.4) is 0 Å². The average Bonchev–Trinajstić information content (AvgIpc) is 2.77. The van der Waals surface area contributed by atoms with Crippen LogP contribution in [0.4, 0.5) is 0 Å². The summed E-state index contributed by atoms with van der Waals surface area (Å²) in [6, 6.07) is 7.86. The second-order valence-corrected chi connectivity index (χ2v) is 5.31. The second kappa shape index (κ2) is 4.85. The number of benzene rings is 1. The summed E-state index contributed by atoms with van der Waals surface area (Å²) in [4.78, 5) is 0. The molecule has 1 unspecified atom stereocenters. The van der Waals surface area contributed by atoms with Crippen molar-refractivity contribution in [1.29, 1.82) is 0 Å². The minimum atomic E-state index is -1.20. The predicted molar refractivity (Wildman–Crippen MR) is 65.6 cm³/mol. The van der Waals surface area contributed by atoms with Crippen LogP contribution in [-0.2, 0) is 11.2 Å². The maximum absolute atomic E-state index is 11.5. The first-order chi connectivity index (χ1) is 8.11. The lowest BCUT2D eigenvalue weighted by Crippen LogP contribution is -2.11. The molecule has 0 bridgehead atoms. The maximum Gasteiger partial charge on any atom is 0.365 e. The fourth-order valence-corrected chi connectivity index (χ4v) is 2.21. The first kappa shape index (κ1) is 12.1. The lowest BCUT2D eigenvalue weighted by molar-refractivity contribution is 0.584. The summed E-state index contributed by atoms with van der Waals surface area (Å²) in [6.07, 6.45) is 1.57. The van der Waals surface area contributed by atoms with E-state index in [1.807, 2.05) is 24.3 Å². The average molecular weight is 250 g/mol. The van der Waals surface area contributed by atoms with Crippen LogP contribution in [-0.4, -0.2) is 31.0 Å². The molecule has 0 saturated carbocycles. The van der Waals surface area contributed by atoms with Gasteiger partial charge in [0.1, 0.15) is 6.26 Å². The van der Waals surface area contributed by atoms with Crippen molar-refractivity contribution in [2.24, 2.45) is 0 Å². The topological polar surface area (TPSA) is 66.7 Å². The smallest absolute Gasteiger partial charge is 0.365 e. The monoisotopic (exact) mass is 250 g/mol. The van der Waals surface area contributed by atoms with Gasteiger partial charge in [-0.1, -0.05) is 37.1 Å². The zero-order valence-corrected chi connectivity index (χ0v) is 10.8.